The number of nitrogens with zero attached hydrogens (tertiary/aromatic N) is 1. The van der Waals surface area contributed by atoms with E-state index in [1.54, 1.807) is 11.3 Å². The second-order valence-electron chi connectivity index (χ2n) is 5.92. The van der Waals surface area contributed by atoms with Gasteiger partial charge in [0.2, 0.25) is 5.91 Å². The molecule has 1 aromatic carbocycles. The maximum atomic E-state index is 11.6. The number of aromatic nitrogens is 1. The lowest BCUT2D eigenvalue weighted by atomic mass is 9.75. The number of nitrogens with two attached hydrogens (primary N) is 1. The van der Waals surface area contributed by atoms with E-state index in [0.717, 1.165) is 29.8 Å². The van der Waals surface area contributed by atoms with Crippen molar-refractivity contribution < 1.29 is 4.79 Å². The quantitative estimate of drug-likeness (QED) is 0.789. The summed E-state index contributed by atoms with van der Waals surface area (Å²) in [7, 11) is 0. The Morgan fingerprint density at radius 2 is 2.14 bits per heavy atom. The van der Waals surface area contributed by atoms with Crippen molar-refractivity contribution in [1.29, 1.82) is 0 Å². The van der Waals surface area contributed by atoms with Gasteiger partial charge in [-0.25, -0.2) is 10.4 Å². The molecule has 2 aromatic rings. The normalized spacial score (nSPS) is 32.2. The molecule has 21 heavy (non-hydrogen) atoms. The molecule has 6 heteroatoms. The summed E-state index contributed by atoms with van der Waals surface area (Å²) in [6, 6.07) is 8.50. The Bertz CT molecular complexity index is 652. The van der Waals surface area contributed by atoms with Gasteiger partial charge >= 0.3 is 0 Å². The van der Waals surface area contributed by atoms with Crippen LogP contribution in [-0.4, -0.2) is 16.9 Å². The molecule has 2 fully saturated rings. The molecule has 0 radical (unpaired) electrons. The van der Waals surface area contributed by atoms with Gasteiger partial charge in [0.25, 0.3) is 0 Å². The lowest BCUT2D eigenvalue weighted by molar-refractivity contribution is -0.123. The molecule has 1 saturated carbocycles. The fourth-order valence-electron chi connectivity index (χ4n) is 3.69. The molecule has 4 rings (SSSR count). The fraction of sp³-hybridized carbons (Fsp3) is 0.467. The smallest absolute Gasteiger partial charge is 0.222 e. The largest absolute Gasteiger partial charge is 0.369 e. The first-order valence-corrected chi connectivity index (χ1v) is 8.21. The van der Waals surface area contributed by atoms with Crippen LogP contribution in [0.3, 0.4) is 0 Å². The number of carbonyl (C=O) groups excluding carboxylic acids is 1. The molecule has 1 aliphatic carbocycles. The summed E-state index contributed by atoms with van der Waals surface area (Å²) >= 11 is 1.73. The summed E-state index contributed by atoms with van der Waals surface area (Å²) < 4.78 is 1.21. The molecule has 1 saturated heterocycles. The summed E-state index contributed by atoms with van der Waals surface area (Å²) in [6.45, 7) is 0. The molecule has 110 valence electrons. The Balaban J connectivity index is 1.65. The number of thiazole rings is 1. The van der Waals surface area contributed by atoms with E-state index in [0.29, 0.717) is 5.92 Å². The first kappa shape index (κ1) is 13.2. The molecule has 4 N–H and O–H groups in total. The van der Waals surface area contributed by atoms with Crippen LogP contribution in [0.5, 0.6) is 0 Å². The lowest BCUT2D eigenvalue weighted by Crippen LogP contribution is -2.46. The average molecular weight is 302 g/mol. The molecule has 1 aliphatic heterocycles. The van der Waals surface area contributed by atoms with Crippen LogP contribution in [-0.2, 0) is 4.79 Å². The summed E-state index contributed by atoms with van der Waals surface area (Å²) in [5.41, 5.74) is 13.2. The third kappa shape index (κ3) is 2.14. The molecule has 4 atom stereocenters. The zero-order chi connectivity index (χ0) is 14.4. The summed E-state index contributed by atoms with van der Waals surface area (Å²) in [5.74, 6) is 0.122. The minimum absolute atomic E-state index is 0.0735. The fourth-order valence-corrected chi connectivity index (χ4v) is 4.79. The van der Waals surface area contributed by atoms with Gasteiger partial charge in [-0.1, -0.05) is 18.6 Å². The van der Waals surface area contributed by atoms with Crippen LogP contribution in [0.25, 0.3) is 10.2 Å². The van der Waals surface area contributed by atoms with Crippen LogP contribution in [0.15, 0.2) is 24.3 Å². The van der Waals surface area contributed by atoms with Gasteiger partial charge in [0.05, 0.1) is 22.2 Å². The lowest BCUT2D eigenvalue weighted by Gasteiger charge is -2.32. The molecule has 0 spiro atoms. The second-order valence-corrected chi connectivity index (χ2v) is 6.98. The van der Waals surface area contributed by atoms with Crippen molar-refractivity contribution in [2.45, 2.75) is 31.3 Å². The average Bonchev–Trinajstić information content (AvgIpc) is 3.09. The van der Waals surface area contributed by atoms with Gasteiger partial charge in [0, 0.05) is 6.04 Å². The third-order valence-corrected chi connectivity index (χ3v) is 5.84. The van der Waals surface area contributed by atoms with Crippen LogP contribution in [0.1, 0.15) is 30.3 Å². The van der Waals surface area contributed by atoms with E-state index in [2.05, 4.69) is 16.9 Å². The second kappa shape index (κ2) is 5.05. The molecule has 5 nitrogen and oxygen atoms in total. The number of fused-ring (bicyclic) bond motifs is 2. The van der Waals surface area contributed by atoms with E-state index in [4.69, 9.17) is 10.7 Å². The van der Waals surface area contributed by atoms with Crippen molar-refractivity contribution in [1.82, 2.24) is 15.8 Å². The molecule has 2 aliphatic rings. The number of benzene rings is 1. The van der Waals surface area contributed by atoms with Crippen molar-refractivity contribution in [2.24, 2.45) is 17.6 Å². The van der Waals surface area contributed by atoms with Crippen molar-refractivity contribution in [3.05, 3.63) is 29.3 Å². The predicted molar refractivity (Wildman–Crippen MR) is 82.4 cm³/mol. The highest BCUT2D eigenvalue weighted by atomic mass is 32.1. The number of rotatable bonds is 2. The maximum Gasteiger partial charge on any atom is 0.222 e. The minimum atomic E-state index is -0.191. The number of hydrogen-bond donors (Lipinski definition) is 3. The van der Waals surface area contributed by atoms with Crippen molar-refractivity contribution in [3.63, 3.8) is 0 Å². The summed E-state index contributed by atoms with van der Waals surface area (Å²) in [5, 5.41) is 1.10. The molecule has 1 amide bonds. The van der Waals surface area contributed by atoms with Crippen molar-refractivity contribution in [3.8, 4) is 0 Å². The van der Waals surface area contributed by atoms with Gasteiger partial charge < -0.3 is 5.73 Å². The molecule has 2 heterocycles. The van der Waals surface area contributed by atoms with Gasteiger partial charge in [-0.3, -0.25) is 10.2 Å². The van der Waals surface area contributed by atoms with Crippen LogP contribution in [0.4, 0.5) is 0 Å². The van der Waals surface area contributed by atoms with E-state index in [9.17, 15) is 4.79 Å². The molecular weight excluding hydrogens is 284 g/mol. The van der Waals surface area contributed by atoms with Crippen molar-refractivity contribution >= 4 is 27.5 Å². The minimum Gasteiger partial charge on any atom is -0.369 e. The first-order chi connectivity index (χ1) is 10.2. The predicted octanol–water partition coefficient (Wildman–Crippen LogP) is 1.72. The highest BCUT2D eigenvalue weighted by molar-refractivity contribution is 7.18. The zero-order valence-corrected chi connectivity index (χ0v) is 12.4. The monoisotopic (exact) mass is 302 g/mol. The summed E-state index contributed by atoms with van der Waals surface area (Å²) in [6.07, 6.45) is 3.05. The maximum absolute atomic E-state index is 11.6. The Morgan fingerprint density at radius 3 is 2.95 bits per heavy atom. The first-order valence-electron chi connectivity index (χ1n) is 7.40. The number of primary amides is 1. The van der Waals surface area contributed by atoms with E-state index >= 15 is 0 Å². The molecular formula is C15H18N4OS. The molecule has 4 unspecified atom stereocenters. The Labute approximate surface area is 126 Å². The van der Waals surface area contributed by atoms with Gasteiger partial charge in [-0.15, -0.1) is 11.3 Å². The van der Waals surface area contributed by atoms with E-state index in [-0.39, 0.29) is 23.9 Å². The Morgan fingerprint density at radius 1 is 1.29 bits per heavy atom. The van der Waals surface area contributed by atoms with Crippen molar-refractivity contribution in [2.75, 3.05) is 0 Å². The topological polar surface area (TPSA) is 80.0 Å². The number of nitrogens with one attached hydrogen (secondary N) is 2. The highest BCUT2D eigenvalue weighted by Gasteiger charge is 2.45. The van der Waals surface area contributed by atoms with E-state index in [1.807, 2.05) is 18.2 Å². The standard InChI is InChI=1S/C15H18N4OS/c16-14(20)9-5-3-4-8-12(9)18-19-13(8)15-17-10-6-1-2-7-11(10)21-15/h1-2,6-9,12-13,18-19H,3-5H2,(H2,16,20). The molecule has 0 bridgehead atoms. The van der Waals surface area contributed by atoms with Gasteiger partial charge in [0.15, 0.2) is 0 Å². The van der Waals surface area contributed by atoms with Crippen LogP contribution in [0.2, 0.25) is 0 Å². The summed E-state index contributed by atoms with van der Waals surface area (Å²) in [4.78, 5) is 16.4. The number of amides is 1. The number of para-hydroxylation sites is 1. The van der Waals surface area contributed by atoms with Crippen LogP contribution >= 0.6 is 11.3 Å². The Hall–Kier alpha value is -1.50. The zero-order valence-electron chi connectivity index (χ0n) is 11.6. The Kier molecular flexibility index (Phi) is 3.17. The highest BCUT2D eigenvalue weighted by Crippen LogP contribution is 2.42. The molecule has 1 aromatic heterocycles. The number of hydrogen-bond acceptors (Lipinski definition) is 5. The SMILES string of the molecule is NC(=O)C1CCCC2C(c3nc4ccccc4s3)NNC12. The van der Waals surface area contributed by atoms with Gasteiger partial charge in [0.1, 0.15) is 5.01 Å². The van der Waals surface area contributed by atoms with Gasteiger partial charge in [-0.05, 0) is 30.9 Å². The van der Waals surface area contributed by atoms with E-state index < -0.39 is 0 Å². The van der Waals surface area contributed by atoms with Crippen LogP contribution < -0.4 is 16.6 Å². The van der Waals surface area contributed by atoms with Gasteiger partial charge in [-0.2, -0.15) is 0 Å². The number of carbonyl (C=O) groups is 1. The number of hydrazine groups is 1. The van der Waals surface area contributed by atoms with E-state index in [1.165, 1.54) is 4.70 Å². The van der Waals surface area contributed by atoms with Crippen LogP contribution in [0, 0.1) is 11.8 Å². The third-order valence-electron chi connectivity index (χ3n) is 4.72.